The van der Waals surface area contributed by atoms with Gasteiger partial charge in [-0.25, -0.2) is 0 Å². The van der Waals surface area contributed by atoms with E-state index >= 15 is 0 Å². The Labute approximate surface area is 159 Å². The van der Waals surface area contributed by atoms with Crippen molar-refractivity contribution < 1.29 is 14.3 Å². The van der Waals surface area contributed by atoms with Gasteiger partial charge in [-0.3, -0.25) is 14.6 Å². The Morgan fingerprint density at radius 1 is 1.30 bits per heavy atom. The fourth-order valence-corrected chi connectivity index (χ4v) is 3.38. The molecule has 1 aliphatic rings. The maximum atomic E-state index is 12.8. The first-order valence-electron chi connectivity index (χ1n) is 9.08. The molecule has 1 fully saturated rings. The van der Waals surface area contributed by atoms with Crippen molar-refractivity contribution in [2.24, 2.45) is 5.92 Å². The van der Waals surface area contributed by atoms with Gasteiger partial charge < -0.3 is 14.5 Å². The number of pyridine rings is 1. The zero-order valence-electron chi connectivity index (χ0n) is 16.0. The molecule has 0 aliphatic carbocycles. The Morgan fingerprint density at radius 3 is 2.74 bits per heavy atom. The van der Waals surface area contributed by atoms with Gasteiger partial charge in [0.1, 0.15) is 5.75 Å². The van der Waals surface area contributed by atoms with Crippen LogP contribution < -0.4 is 9.64 Å². The molecule has 1 atom stereocenters. The van der Waals surface area contributed by atoms with Crippen molar-refractivity contribution in [2.75, 3.05) is 32.1 Å². The van der Waals surface area contributed by atoms with Crippen LogP contribution in [0.15, 0.2) is 42.7 Å². The van der Waals surface area contributed by atoms with Crippen LogP contribution in [-0.4, -0.2) is 48.9 Å². The van der Waals surface area contributed by atoms with Gasteiger partial charge in [0.2, 0.25) is 11.8 Å². The molecule has 2 aromatic rings. The molecule has 0 saturated carbocycles. The quantitative estimate of drug-likeness (QED) is 0.787. The molecule has 27 heavy (non-hydrogen) atoms. The highest BCUT2D eigenvalue weighted by atomic mass is 16.5. The first-order chi connectivity index (χ1) is 13.0. The predicted molar refractivity (Wildman–Crippen MR) is 104 cm³/mol. The molecular formula is C21H25N3O3. The van der Waals surface area contributed by atoms with Crippen molar-refractivity contribution in [3.8, 4) is 5.75 Å². The molecule has 1 aliphatic heterocycles. The lowest BCUT2D eigenvalue weighted by Crippen LogP contribution is -2.36. The zero-order chi connectivity index (χ0) is 19.4. The molecule has 0 spiro atoms. The largest absolute Gasteiger partial charge is 0.495 e. The molecule has 0 bridgehead atoms. The third kappa shape index (κ3) is 4.27. The Bertz CT molecular complexity index is 823. The fourth-order valence-electron chi connectivity index (χ4n) is 3.38. The van der Waals surface area contributed by atoms with Crippen molar-refractivity contribution in [1.82, 2.24) is 9.88 Å². The van der Waals surface area contributed by atoms with E-state index in [0.717, 1.165) is 23.2 Å². The second-order valence-electron chi connectivity index (χ2n) is 6.95. The summed E-state index contributed by atoms with van der Waals surface area (Å²) in [4.78, 5) is 32.8. The number of carbonyl (C=O) groups is 2. The van der Waals surface area contributed by atoms with Crippen LogP contribution in [0.1, 0.15) is 17.5 Å². The smallest absolute Gasteiger partial charge is 0.227 e. The van der Waals surface area contributed by atoms with Gasteiger partial charge in [0.15, 0.2) is 0 Å². The Kier molecular flexibility index (Phi) is 5.74. The van der Waals surface area contributed by atoms with Crippen molar-refractivity contribution in [1.29, 1.82) is 0 Å². The Hall–Kier alpha value is -2.89. The molecule has 0 N–H and O–H groups in total. The normalized spacial score (nSPS) is 16.5. The van der Waals surface area contributed by atoms with Gasteiger partial charge in [-0.15, -0.1) is 0 Å². The predicted octanol–water partition coefficient (Wildman–Crippen LogP) is 2.45. The molecule has 1 saturated heterocycles. The standard InChI is InChI=1S/C21H25N3O3/c1-15-4-5-19(27-3)18(12-15)24-14-17(13-20(24)25)21(26)23(2)11-8-16-6-9-22-10-7-16/h4-7,9-10,12,17H,8,11,13-14H2,1-3H3. The van der Waals surface area contributed by atoms with E-state index in [1.54, 1.807) is 36.4 Å². The van der Waals surface area contributed by atoms with Crippen LogP contribution in [0.5, 0.6) is 5.75 Å². The van der Waals surface area contributed by atoms with Crippen molar-refractivity contribution in [3.63, 3.8) is 0 Å². The minimum absolute atomic E-state index is 0.00604. The summed E-state index contributed by atoms with van der Waals surface area (Å²) in [5.41, 5.74) is 2.92. The van der Waals surface area contributed by atoms with Gasteiger partial charge in [-0.05, 0) is 48.7 Å². The molecule has 6 nitrogen and oxygen atoms in total. The van der Waals surface area contributed by atoms with Crippen molar-refractivity contribution >= 4 is 17.5 Å². The number of carbonyl (C=O) groups excluding carboxylic acids is 2. The summed E-state index contributed by atoms with van der Waals surface area (Å²) in [6.45, 7) is 2.97. The second kappa shape index (κ2) is 8.20. The molecule has 6 heteroatoms. The van der Waals surface area contributed by atoms with Gasteiger partial charge in [-0.2, -0.15) is 0 Å². The van der Waals surface area contributed by atoms with Gasteiger partial charge in [0.25, 0.3) is 0 Å². The number of aromatic nitrogens is 1. The minimum Gasteiger partial charge on any atom is -0.495 e. The number of nitrogens with zero attached hydrogens (tertiary/aromatic N) is 3. The molecule has 1 aromatic heterocycles. The summed E-state index contributed by atoms with van der Waals surface area (Å²) in [5.74, 6) is 0.282. The molecule has 2 heterocycles. The summed E-state index contributed by atoms with van der Waals surface area (Å²) < 4.78 is 5.40. The van der Waals surface area contributed by atoms with Crippen LogP contribution in [0, 0.1) is 12.8 Å². The Morgan fingerprint density at radius 2 is 2.04 bits per heavy atom. The van der Waals surface area contributed by atoms with E-state index in [2.05, 4.69) is 4.98 Å². The number of ether oxygens (including phenoxy) is 1. The summed E-state index contributed by atoms with van der Waals surface area (Å²) in [6, 6.07) is 9.62. The topological polar surface area (TPSA) is 62.7 Å². The molecule has 1 aromatic carbocycles. The average Bonchev–Trinajstić information content (AvgIpc) is 3.07. The van der Waals surface area contributed by atoms with E-state index in [9.17, 15) is 9.59 Å². The maximum Gasteiger partial charge on any atom is 0.227 e. The number of amides is 2. The van der Waals surface area contributed by atoms with Crippen LogP contribution in [-0.2, 0) is 16.0 Å². The van der Waals surface area contributed by atoms with Gasteiger partial charge in [0.05, 0.1) is 18.7 Å². The van der Waals surface area contributed by atoms with Crippen LogP contribution in [0.25, 0.3) is 0 Å². The van der Waals surface area contributed by atoms with Crippen LogP contribution >= 0.6 is 0 Å². The summed E-state index contributed by atoms with van der Waals surface area (Å²) in [7, 11) is 3.38. The highest BCUT2D eigenvalue weighted by molar-refractivity contribution is 6.01. The molecule has 142 valence electrons. The average molecular weight is 367 g/mol. The summed E-state index contributed by atoms with van der Waals surface area (Å²) in [5, 5.41) is 0. The number of benzene rings is 1. The maximum absolute atomic E-state index is 12.8. The lowest BCUT2D eigenvalue weighted by atomic mass is 10.1. The zero-order valence-corrected chi connectivity index (χ0v) is 16.0. The number of rotatable bonds is 6. The summed E-state index contributed by atoms with van der Waals surface area (Å²) >= 11 is 0. The van der Waals surface area contributed by atoms with Crippen molar-refractivity contribution in [2.45, 2.75) is 19.8 Å². The molecule has 3 rings (SSSR count). The molecule has 1 unspecified atom stereocenters. The number of likely N-dealkylation sites (N-methyl/N-ethyl adjacent to an activating group) is 1. The van der Waals surface area contributed by atoms with Crippen LogP contribution in [0.4, 0.5) is 5.69 Å². The highest BCUT2D eigenvalue weighted by Gasteiger charge is 2.37. The number of anilines is 1. The number of hydrogen-bond acceptors (Lipinski definition) is 4. The fraction of sp³-hybridized carbons (Fsp3) is 0.381. The second-order valence-corrected chi connectivity index (χ2v) is 6.95. The van der Waals surface area contributed by atoms with Crippen LogP contribution in [0.3, 0.4) is 0 Å². The Balaban J connectivity index is 1.66. The summed E-state index contributed by atoms with van der Waals surface area (Å²) in [6.07, 6.45) is 4.50. The van der Waals surface area contributed by atoms with Crippen molar-refractivity contribution in [3.05, 3.63) is 53.9 Å². The van der Waals surface area contributed by atoms with E-state index in [1.165, 1.54) is 0 Å². The first kappa shape index (κ1) is 18.9. The van der Waals surface area contributed by atoms with E-state index < -0.39 is 0 Å². The SMILES string of the molecule is COc1ccc(C)cc1N1CC(C(=O)N(C)CCc2ccncc2)CC1=O. The first-order valence-corrected chi connectivity index (χ1v) is 9.08. The van der Waals surface area contributed by atoms with Gasteiger partial charge in [0, 0.05) is 39.0 Å². The van der Waals surface area contributed by atoms with Gasteiger partial charge >= 0.3 is 0 Å². The number of hydrogen-bond donors (Lipinski definition) is 0. The van der Waals surface area contributed by atoms with E-state index in [4.69, 9.17) is 4.74 Å². The minimum atomic E-state index is -0.329. The lowest BCUT2D eigenvalue weighted by Gasteiger charge is -2.22. The third-order valence-electron chi connectivity index (χ3n) is 4.96. The van der Waals surface area contributed by atoms with E-state index in [-0.39, 0.29) is 24.2 Å². The monoisotopic (exact) mass is 367 g/mol. The van der Waals surface area contributed by atoms with E-state index in [0.29, 0.717) is 18.8 Å². The van der Waals surface area contributed by atoms with Gasteiger partial charge in [-0.1, -0.05) is 6.07 Å². The third-order valence-corrected chi connectivity index (χ3v) is 4.96. The lowest BCUT2D eigenvalue weighted by molar-refractivity contribution is -0.134. The number of methoxy groups -OCH3 is 1. The van der Waals surface area contributed by atoms with Crippen LogP contribution in [0.2, 0.25) is 0 Å². The molecule has 2 amide bonds. The highest BCUT2D eigenvalue weighted by Crippen LogP contribution is 2.34. The molecular weight excluding hydrogens is 342 g/mol. The number of aryl methyl sites for hydroxylation is 1. The molecule has 0 radical (unpaired) electrons. The van der Waals surface area contributed by atoms with E-state index in [1.807, 2.05) is 37.3 Å².